The van der Waals surface area contributed by atoms with Crippen LogP contribution in [0.3, 0.4) is 0 Å². The number of nitrogens with two attached hydrogens (primary N) is 1. The molecule has 3 atom stereocenters. The number of nitrogens with zero attached hydrogens (tertiary/aromatic N) is 2. The Hall–Kier alpha value is -4.03. The number of benzene rings is 3. The molecule has 3 aromatic carbocycles. The highest BCUT2D eigenvalue weighted by atomic mass is 35.5. The van der Waals surface area contributed by atoms with Crippen LogP contribution < -0.4 is 21.1 Å². The van der Waals surface area contributed by atoms with Crippen LogP contribution in [0.5, 0.6) is 5.88 Å². The average molecular weight is 666 g/mol. The fourth-order valence-corrected chi connectivity index (χ4v) is 7.96. The number of sulfonamides is 1. The lowest BCUT2D eigenvalue weighted by Gasteiger charge is -2.40. The number of methoxy groups -OCH3 is 1. The van der Waals surface area contributed by atoms with E-state index in [1.165, 1.54) is 17.5 Å². The molecule has 2 heterocycles. The standard InChI is InChI=1S/C34H37ClFN5O4S/c1-22-19-38-21-26(41(22)46(43,44)27-7-4-3-5-8-27)14-15-28-30(36)9-6-10-31(28)40-32(34(37)42)17-23-11-13-25(35)18-29(23)24-12-16-33(45-2)39-20-24/h3-13,16,18,20,22,26,32,38,40H,14-15,17,19,21H2,1-2H3,(H2,37,42)/t22-,26+,32+/m1/s1. The number of carbonyl (C=O) groups excluding carboxylic acids is 1. The number of primary amides is 1. The monoisotopic (exact) mass is 665 g/mol. The Morgan fingerprint density at radius 1 is 1.13 bits per heavy atom. The summed E-state index contributed by atoms with van der Waals surface area (Å²) in [4.78, 5) is 17.3. The number of carbonyl (C=O) groups is 1. The first-order chi connectivity index (χ1) is 22.1. The average Bonchev–Trinajstić information content (AvgIpc) is 3.05. The van der Waals surface area contributed by atoms with Crippen molar-refractivity contribution in [1.29, 1.82) is 0 Å². The number of halogens is 2. The lowest BCUT2D eigenvalue weighted by molar-refractivity contribution is -0.118. The zero-order valence-electron chi connectivity index (χ0n) is 25.6. The molecule has 4 N–H and O–H groups in total. The maximum absolute atomic E-state index is 15.4. The van der Waals surface area contributed by atoms with Gasteiger partial charge in [-0.15, -0.1) is 0 Å². The summed E-state index contributed by atoms with van der Waals surface area (Å²) in [5.74, 6) is -0.615. The van der Waals surface area contributed by atoms with Gasteiger partial charge in [0.2, 0.25) is 21.8 Å². The summed E-state index contributed by atoms with van der Waals surface area (Å²) in [5, 5.41) is 7.01. The summed E-state index contributed by atoms with van der Waals surface area (Å²) in [5.41, 5.74) is 8.97. The molecule has 1 aliphatic heterocycles. The van der Waals surface area contributed by atoms with Gasteiger partial charge in [0.05, 0.1) is 12.0 Å². The van der Waals surface area contributed by atoms with Crippen molar-refractivity contribution in [2.45, 2.75) is 49.2 Å². The van der Waals surface area contributed by atoms with Crippen LogP contribution in [0.15, 0.2) is 90.0 Å². The second-order valence-electron chi connectivity index (χ2n) is 11.3. The highest BCUT2D eigenvalue weighted by molar-refractivity contribution is 7.89. The highest BCUT2D eigenvalue weighted by Crippen LogP contribution is 2.31. The summed E-state index contributed by atoms with van der Waals surface area (Å²) in [6, 6.07) is 20.3. The molecule has 5 rings (SSSR count). The number of rotatable bonds is 12. The number of hydrogen-bond acceptors (Lipinski definition) is 7. The van der Waals surface area contributed by atoms with Crippen molar-refractivity contribution in [3.05, 3.63) is 107 Å². The molecular weight excluding hydrogens is 629 g/mol. The number of piperazine rings is 1. The van der Waals surface area contributed by atoms with E-state index < -0.39 is 33.8 Å². The molecule has 0 bridgehead atoms. The van der Waals surface area contributed by atoms with Gasteiger partial charge in [0.15, 0.2) is 0 Å². The Balaban J connectivity index is 1.39. The van der Waals surface area contributed by atoms with Gasteiger partial charge < -0.3 is 21.1 Å². The van der Waals surface area contributed by atoms with Gasteiger partial charge in [-0.3, -0.25) is 4.79 Å². The van der Waals surface area contributed by atoms with Gasteiger partial charge in [-0.1, -0.05) is 41.9 Å². The van der Waals surface area contributed by atoms with Crippen molar-refractivity contribution >= 4 is 33.2 Å². The maximum Gasteiger partial charge on any atom is 0.243 e. The van der Waals surface area contributed by atoms with Crippen LogP contribution in [0.25, 0.3) is 11.1 Å². The summed E-state index contributed by atoms with van der Waals surface area (Å²) in [6.07, 6.45) is 2.43. The highest BCUT2D eigenvalue weighted by Gasteiger charge is 2.37. The smallest absolute Gasteiger partial charge is 0.243 e. The van der Waals surface area contributed by atoms with Crippen LogP contribution in [0, 0.1) is 5.82 Å². The molecule has 1 fully saturated rings. The van der Waals surface area contributed by atoms with E-state index in [1.54, 1.807) is 66.9 Å². The van der Waals surface area contributed by atoms with Gasteiger partial charge in [0.1, 0.15) is 11.9 Å². The lowest BCUT2D eigenvalue weighted by Crippen LogP contribution is -2.58. The third-order valence-corrected chi connectivity index (χ3v) is 10.5. The van der Waals surface area contributed by atoms with E-state index in [2.05, 4.69) is 15.6 Å². The lowest BCUT2D eigenvalue weighted by atomic mass is 9.95. The molecule has 0 radical (unpaired) electrons. The van der Waals surface area contributed by atoms with Crippen LogP contribution in [0.4, 0.5) is 10.1 Å². The number of aromatic nitrogens is 1. The van der Waals surface area contributed by atoms with E-state index in [-0.39, 0.29) is 23.8 Å². The molecule has 9 nitrogen and oxygen atoms in total. The number of ether oxygens (including phenoxy) is 1. The SMILES string of the molecule is COc1ccc(-c2cc(Cl)ccc2C[C@H](Nc2cccc(F)c2CC[C@H]2CNC[C@@H](C)N2S(=O)(=O)c2ccccc2)C(N)=O)cn1. The molecule has 0 saturated carbocycles. The second kappa shape index (κ2) is 14.6. The minimum absolute atomic E-state index is 0.191. The predicted molar refractivity (Wildman–Crippen MR) is 178 cm³/mol. The quantitative estimate of drug-likeness (QED) is 0.194. The van der Waals surface area contributed by atoms with E-state index in [0.29, 0.717) is 41.7 Å². The van der Waals surface area contributed by atoms with E-state index in [9.17, 15) is 13.2 Å². The molecule has 0 unspecified atom stereocenters. The van der Waals surface area contributed by atoms with Gasteiger partial charge in [-0.25, -0.2) is 17.8 Å². The van der Waals surface area contributed by atoms with Crippen molar-refractivity contribution < 1.29 is 22.3 Å². The van der Waals surface area contributed by atoms with Crippen LogP contribution in [-0.4, -0.2) is 61.9 Å². The molecule has 1 amide bonds. The Labute approximate surface area is 274 Å². The normalized spacial score (nSPS) is 17.7. The zero-order valence-corrected chi connectivity index (χ0v) is 27.2. The van der Waals surface area contributed by atoms with Crippen LogP contribution >= 0.6 is 11.6 Å². The minimum Gasteiger partial charge on any atom is -0.481 e. The van der Waals surface area contributed by atoms with Crippen molar-refractivity contribution in [2.75, 3.05) is 25.5 Å². The number of anilines is 1. The van der Waals surface area contributed by atoms with Gasteiger partial charge in [0, 0.05) is 65.7 Å². The molecule has 4 aromatic rings. The van der Waals surface area contributed by atoms with Crippen molar-refractivity contribution in [3.63, 3.8) is 0 Å². The molecule has 0 spiro atoms. The molecule has 1 aromatic heterocycles. The molecular formula is C34H37ClFN5O4S. The van der Waals surface area contributed by atoms with Crippen LogP contribution in [0.2, 0.25) is 5.02 Å². The first-order valence-corrected chi connectivity index (χ1v) is 16.8. The van der Waals surface area contributed by atoms with Crippen molar-refractivity contribution in [3.8, 4) is 17.0 Å². The zero-order chi connectivity index (χ0) is 32.8. The largest absolute Gasteiger partial charge is 0.481 e. The van der Waals surface area contributed by atoms with E-state index in [4.69, 9.17) is 22.1 Å². The Morgan fingerprint density at radius 2 is 1.91 bits per heavy atom. The summed E-state index contributed by atoms with van der Waals surface area (Å²) >= 11 is 6.33. The third kappa shape index (κ3) is 7.50. The van der Waals surface area contributed by atoms with Gasteiger partial charge in [0.25, 0.3) is 0 Å². The number of nitrogens with one attached hydrogen (secondary N) is 2. The third-order valence-electron chi connectivity index (χ3n) is 8.20. The Bertz CT molecular complexity index is 1780. The Morgan fingerprint density at radius 3 is 2.61 bits per heavy atom. The number of hydrogen-bond donors (Lipinski definition) is 3. The minimum atomic E-state index is -3.78. The van der Waals surface area contributed by atoms with Gasteiger partial charge >= 0.3 is 0 Å². The van der Waals surface area contributed by atoms with E-state index >= 15 is 4.39 Å². The molecule has 1 aliphatic rings. The molecule has 0 aliphatic carbocycles. The molecule has 242 valence electrons. The van der Waals surface area contributed by atoms with Gasteiger partial charge in [-0.05, 0) is 73.4 Å². The van der Waals surface area contributed by atoms with Crippen LogP contribution in [0.1, 0.15) is 24.5 Å². The predicted octanol–water partition coefficient (Wildman–Crippen LogP) is 5.04. The summed E-state index contributed by atoms with van der Waals surface area (Å²) < 4.78 is 49.5. The van der Waals surface area contributed by atoms with Crippen molar-refractivity contribution in [2.24, 2.45) is 5.73 Å². The fraction of sp³-hybridized carbons (Fsp3) is 0.294. The van der Waals surface area contributed by atoms with Crippen molar-refractivity contribution in [1.82, 2.24) is 14.6 Å². The first-order valence-electron chi connectivity index (χ1n) is 15.0. The van der Waals surface area contributed by atoms with E-state index in [1.807, 2.05) is 19.1 Å². The topological polar surface area (TPSA) is 127 Å². The van der Waals surface area contributed by atoms with E-state index in [0.717, 1.165) is 16.7 Å². The Kier molecular flexibility index (Phi) is 10.6. The molecule has 1 saturated heterocycles. The maximum atomic E-state index is 15.4. The molecule has 12 heteroatoms. The number of pyridine rings is 1. The van der Waals surface area contributed by atoms with Crippen LogP contribution in [-0.2, 0) is 27.7 Å². The molecule has 46 heavy (non-hydrogen) atoms. The second-order valence-corrected chi connectivity index (χ2v) is 13.6. The number of amides is 1. The van der Waals surface area contributed by atoms with Gasteiger partial charge in [-0.2, -0.15) is 4.31 Å². The first kappa shape index (κ1) is 33.3. The summed E-state index contributed by atoms with van der Waals surface area (Å²) in [6.45, 7) is 2.80. The summed E-state index contributed by atoms with van der Waals surface area (Å²) in [7, 11) is -2.25. The fourth-order valence-electron chi connectivity index (χ4n) is 5.92.